The van der Waals surface area contributed by atoms with Crippen LogP contribution in [0.3, 0.4) is 0 Å². The Balaban J connectivity index is 1.69. The highest BCUT2D eigenvalue weighted by molar-refractivity contribution is 6.05. The van der Waals surface area contributed by atoms with E-state index < -0.39 is 6.10 Å². The molecule has 0 spiro atoms. The first-order valence-electron chi connectivity index (χ1n) is 6.55. The molecule has 2 heterocycles. The van der Waals surface area contributed by atoms with Gasteiger partial charge >= 0.3 is 0 Å². The number of carbonyl (C=O) groups is 1. The molecule has 1 aromatic rings. The van der Waals surface area contributed by atoms with Crippen LogP contribution >= 0.6 is 0 Å². The summed E-state index contributed by atoms with van der Waals surface area (Å²) in [4.78, 5) is 19.2. The van der Waals surface area contributed by atoms with Crippen molar-refractivity contribution in [2.45, 2.75) is 25.4 Å². The van der Waals surface area contributed by atoms with Gasteiger partial charge in [0.25, 0.3) is 5.91 Å². The van der Waals surface area contributed by atoms with Crippen LogP contribution < -0.4 is 0 Å². The first-order valence-corrected chi connectivity index (χ1v) is 6.55. The summed E-state index contributed by atoms with van der Waals surface area (Å²) in [6, 6.07) is 6.96. The maximum Gasteiger partial charge on any atom is 0.266 e. The molecule has 0 radical (unpaired) electrons. The molecule has 2 aliphatic rings. The first-order chi connectivity index (χ1) is 9.25. The van der Waals surface area contributed by atoms with E-state index in [1.54, 1.807) is 18.2 Å². The van der Waals surface area contributed by atoms with Crippen molar-refractivity contribution in [3.05, 3.63) is 29.8 Å². The number of likely N-dealkylation sites (tertiary alicyclic amines) is 1. The van der Waals surface area contributed by atoms with E-state index >= 15 is 0 Å². The van der Waals surface area contributed by atoms with Crippen LogP contribution in [0.1, 0.15) is 24.8 Å². The van der Waals surface area contributed by atoms with Crippen LogP contribution in [0, 0.1) is 0 Å². The molecule has 0 saturated carbocycles. The highest BCUT2D eigenvalue weighted by Gasteiger charge is 2.33. The molecule has 1 fully saturated rings. The summed E-state index contributed by atoms with van der Waals surface area (Å²) in [6.45, 7) is 1.62. The molecule has 3 rings (SSSR count). The predicted octanol–water partition coefficient (Wildman–Crippen LogP) is 1.51. The largest absolute Gasteiger partial charge is 0.507 e. The van der Waals surface area contributed by atoms with E-state index in [2.05, 4.69) is 5.16 Å². The molecule has 5 nitrogen and oxygen atoms in total. The number of hydrogen-bond donors (Lipinski definition) is 1. The molecule has 1 atom stereocenters. The van der Waals surface area contributed by atoms with Gasteiger partial charge in [-0.3, -0.25) is 4.79 Å². The number of benzene rings is 1. The molecule has 1 N–H and O–H groups in total. The Morgan fingerprint density at radius 3 is 2.79 bits per heavy atom. The normalized spacial score (nSPS) is 22.2. The van der Waals surface area contributed by atoms with Gasteiger partial charge in [-0.1, -0.05) is 17.3 Å². The lowest BCUT2D eigenvalue weighted by Crippen LogP contribution is -2.37. The van der Waals surface area contributed by atoms with Crippen molar-refractivity contribution in [2.24, 2.45) is 5.16 Å². The topological polar surface area (TPSA) is 62.1 Å². The number of phenolic OH excluding ortho intramolecular Hbond substituents is 1. The quantitative estimate of drug-likeness (QED) is 0.876. The Morgan fingerprint density at radius 1 is 1.32 bits per heavy atom. The molecule has 0 bridgehead atoms. The minimum Gasteiger partial charge on any atom is -0.507 e. The maximum absolute atomic E-state index is 12.2. The lowest BCUT2D eigenvalue weighted by molar-refractivity contribution is -0.140. The molecule has 0 unspecified atom stereocenters. The van der Waals surface area contributed by atoms with E-state index in [0.29, 0.717) is 17.7 Å². The zero-order valence-electron chi connectivity index (χ0n) is 10.6. The molecule has 2 aliphatic heterocycles. The fraction of sp³-hybridized carbons (Fsp3) is 0.429. The average Bonchev–Trinajstić information content (AvgIpc) is 3.10. The van der Waals surface area contributed by atoms with Crippen LogP contribution in [0.15, 0.2) is 29.4 Å². The molecule has 5 heteroatoms. The molecule has 1 aromatic carbocycles. The lowest BCUT2D eigenvalue weighted by atomic mass is 10.0. The highest BCUT2D eigenvalue weighted by Crippen LogP contribution is 2.25. The zero-order valence-corrected chi connectivity index (χ0v) is 10.6. The van der Waals surface area contributed by atoms with Gasteiger partial charge in [0.1, 0.15) is 5.75 Å². The van der Waals surface area contributed by atoms with Gasteiger partial charge in [-0.15, -0.1) is 0 Å². The highest BCUT2D eigenvalue weighted by atomic mass is 16.6. The number of phenols is 1. The van der Waals surface area contributed by atoms with Crippen LogP contribution in [0.2, 0.25) is 0 Å². The summed E-state index contributed by atoms with van der Waals surface area (Å²) in [6.07, 6.45) is 2.01. The smallest absolute Gasteiger partial charge is 0.266 e. The fourth-order valence-corrected chi connectivity index (χ4v) is 2.53. The van der Waals surface area contributed by atoms with Crippen LogP contribution in [0.4, 0.5) is 0 Å². The van der Waals surface area contributed by atoms with Crippen LogP contribution in [0.25, 0.3) is 0 Å². The molecular formula is C14H16N2O3. The second kappa shape index (κ2) is 4.91. The van der Waals surface area contributed by atoms with Gasteiger partial charge in [0.05, 0.1) is 5.71 Å². The number of para-hydroxylation sites is 1. The predicted molar refractivity (Wildman–Crippen MR) is 69.9 cm³/mol. The van der Waals surface area contributed by atoms with Crippen molar-refractivity contribution >= 4 is 11.6 Å². The SMILES string of the molecule is O=C([C@H]1CC(c2ccccc2O)=NO1)N1CCCC1. The van der Waals surface area contributed by atoms with Crippen molar-refractivity contribution in [2.75, 3.05) is 13.1 Å². The van der Waals surface area contributed by atoms with Gasteiger partial charge < -0.3 is 14.8 Å². The summed E-state index contributed by atoms with van der Waals surface area (Å²) in [5.74, 6) is 0.172. The fourth-order valence-electron chi connectivity index (χ4n) is 2.53. The third-order valence-electron chi connectivity index (χ3n) is 3.58. The van der Waals surface area contributed by atoms with Gasteiger partial charge in [-0.25, -0.2) is 0 Å². The van der Waals surface area contributed by atoms with E-state index in [0.717, 1.165) is 25.9 Å². The molecule has 1 amide bonds. The Hall–Kier alpha value is -2.04. The van der Waals surface area contributed by atoms with Gasteiger partial charge in [-0.05, 0) is 25.0 Å². The molecule has 1 saturated heterocycles. The van der Waals surface area contributed by atoms with Crippen molar-refractivity contribution in [1.29, 1.82) is 0 Å². The summed E-state index contributed by atoms with van der Waals surface area (Å²) in [7, 11) is 0. The van der Waals surface area contributed by atoms with Crippen molar-refractivity contribution in [3.63, 3.8) is 0 Å². The van der Waals surface area contributed by atoms with Crippen molar-refractivity contribution in [3.8, 4) is 5.75 Å². The summed E-state index contributed by atoms with van der Waals surface area (Å²) in [5, 5.41) is 13.7. The number of nitrogens with zero attached hydrogens (tertiary/aromatic N) is 2. The molecular weight excluding hydrogens is 244 g/mol. The number of hydrogen-bond acceptors (Lipinski definition) is 4. The summed E-state index contributed by atoms with van der Waals surface area (Å²) >= 11 is 0. The monoisotopic (exact) mass is 260 g/mol. The van der Waals surface area contributed by atoms with Gasteiger partial charge in [0, 0.05) is 25.1 Å². The van der Waals surface area contributed by atoms with Gasteiger partial charge in [-0.2, -0.15) is 0 Å². The zero-order chi connectivity index (χ0) is 13.2. The van der Waals surface area contributed by atoms with Crippen LogP contribution in [0.5, 0.6) is 5.75 Å². The second-order valence-corrected chi connectivity index (χ2v) is 4.89. The van der Waals surface area contributed by atoms with Crippen LogP contribution in [-0.4, -0.2) is 40.8 Å². The minimum atomic E-state index is -0.535. The standard InChI is InChI=1S/C14H16N2O3/c17-12-6-2-1-5-10(12)11-9-13(19-15-11)14(18)16-7-3-4-8-16/h1-2,5-6,13,17H,3-4,7-9H2/t13-/m1/s1. The van der Waals surface area contributed by atoms with Crippen LogP contribution in [-0.2, 0) is 9.63 Å². The Kier molecular flexibility index (Phi) is 3.11. The number of oxime groups is 1. The molecule has 0 aliphatic carbocycles. The molecule has 0 aromatic heterocycles. The third kappa shape index (κ3) is 2.28. The molecule has 100 valence electrons. The van der Waals surface area contributed by atoms with E-state index in [4.69, 9.17) is 4.84 Å². The van der Waals surface area contributed by atoms with Crippen molar-refractivity contribution in [1.82, 2.24) is 4.90 Å². The van der Waals surface area contributed by atoms with Gasteiger partial charge in [0.2, 0.25) is 6.10 Å². The average molecular weight is 260 g/mol. The van der Waals surface area contributed by atoms with E-state index in [-0.39, 0.29) is 11.7 Å². The Labute approximate surface area is 111 Å². The third-order valence-corrected chi connectivity index (χ3v) is 3.58. The minimum absolute atomic E-state index is 0.00618. The Bertz CT molecular complexity index is 521. The van der Waals surface area contributed by atoms with E-state index in [1.807, 2.05) is 11.0 Å². The first kappa shape index (κ1) is 12.0. The number of carbonyl (C=O) groups excluding carboxylic acids is 1. The van der Waals surface area contributed by atoms with Gasteiger partial charge in [0.15, 0.2) is 0 Å². The number of amides is 1. The number of aromatic hydroxyl groups is 1. The van der Waals surface area contributed by atoms with E-state index in [9.17, 15) is 9.90 Å². The maximum atomic E-state index is 12.2. The lowest BCUT2D eigenvalue weighted by Gasteiger charge is -2.18. The summed E-state index contributed by atoms with van der Waals surface area (Å²) in [5.41, 5.74) is 1.27. The second-order valence-electron chi connectivity index (χ2n) is 4.89. The van der Waals surface area contributed by atoms with Crippen molar-refractivity contribution < 1.29 is 14.7 Å². The number of rotatable bonds is 2. The Morgan fingerprint density at radius 2 is 2.05 bits per heavy atom. The van der Waals surface area contributed by atoms with E-state index in [1.165, 1.54) is 0 Å². The molecule has 19 heavy (non-hydrogen) atoms. The summed E-state index contributed by atoms with van der Waals surface area (Å²) < 4.78 is 0.